The third-order valence-corrected chi connectivity index (χ3v) is 8.03. The van der Waals surface area contributed by atoms with Crippen molar-refractivity contribution < 1.29 is 19.1 Å². The number of nitrogens with one attached hydrogen (secondary N) is 3. The molecule has 6 rings (SSSR count). The number of aryl methyl sites for hydroxylation is 1. The van der Waals surface area contributed by atoms with Crippen molar-refractivity contribution in [3.63, 3.8) is 0 Å². The molecule has 0 radical (unpaired) electrons. The highest BCUT2D eigenvalue weighted by Crippen LogP contribution is 2.36. The lowest BCUT2D eigenvalue weighted by Gasteiger charge is -2.32. The van der Waals surface area contributed by atoms with Gasteiger partial charge in [0.1, 0.15) is 17.1 Å². The summed E-state index contributed by atoms with van der Waals surface area (Å²) in [5.41, 5.74) is 3.26. The van der Waals surface area contributed by atoms with E-state index in [2.05, 4.69) is 36.4 Å². The number of Topliss-reactive ketones (excluding diaryl/α,β-unsaturated/α-hetero) is 1. The number of hydrogen-bond acceptors (Lipinski definition) is 8. The number of rotatable bonds is 10. The van der Waals surface area contributed by atoms with Crippen molar-refractivity contribution in [2.24, 2.45) is 0 Å². The number of terminal acetylenes is 1. The van der Waals surface area contributed by atoms with E-state index >= 15 is 0 Å². The van der Waals surface area contributed by atoms with Crippen LogP contribution in [0.15, 0.2) is 48.7 Å². The van der Waals surface area contributed by atoms with E-state index in [4.69, 9.17) is 15.9 Å². The van der Waals surface area contributed by atoms with Crippen LogP contribution in [0.25, 0.3) is 11.0 Å². The molecule has 1 aliphatic carbocycles. The fraction of sp³-hybridized carbons (Fsp3) is 0.333. The summed E-state index contributed by atoms with van der Waals surface area (Å²) in [5.74, 6) is 4.16. The summed E-state index contributed by atoms with van der Waals surface area (Å²) in [7, 11) is 1.55. The smallest absolute Gasteiger partial charge is 0.251 e. The summed E-state index contributed by atoms with van der Waals surface area (Å²) in [6.45, 7) is 2.89. The number of ketones is 1. The summed E-state index contributed by atoms with van der Waals surface area (Å²) in [4.78, 5) is 40.3. The molecule has 1 aliphatic heterocycles. The molecule has 0 unspecified atom stereocenters. The van der Waals surface area contributed by atoms with Gasteiger partial charge >= 0.3 is 0 Å². The van der Waals surface area contributed by atoms with Gasteiger partial charge in [0, 0.05) is 43.7 Å². The van der Waals surface area contributed by atoms with Crippen molar-refractivity contribution in [3.8, 4) is 29.7 Å². The standard InChI is InChI=1S/C33H34N6O4/c1-3-4-5-17-39-18-14-23(15-19-39)35-31(41)22-9-11-25(28(20-22)42-2)36-33-37-30-24(13-16-34-30)32(38-33)43-27-8-6-7-21-10-12-26(40)29(21)27/h1,6-9,11,13,16,20,23H,4-5,10,12,14-15,17-19H2,2H3,(H,35,41)(H2,34,36,37,38). The number of carbonyl (C=O) groups excluding carboxylic acids is 2. The van der Waals surface area contributed by atoms with E-state index in [9.17, 15) is 9.59 Å². The molecule has 4 aromatic rings. The molecule has 2 aromatic carbocycles. The Morgan fingerprint density at radius 3 is 2.81 bits per heavy atom. The van der Waals surface area contributed by atoms with Gasteiger partial charge in [0.2, 0.25) is 11.8 Å². The SMILES string of the molecule is C#CCCCN1CCC(NC(=O)c2ccc(Nc3nc(Oc4cccc5c4C(=O)CC5)c4cc[nH]c4n3)c(OC)c2)CC1. The highest BCUT2D eigenvalue weighted by Gasteiger charge is 2.25. The summed E-state index contributed by atoms with van der Waals surface area (Å²) in [6, 6.07) is 12.8. The van der Waals surface area contributed by atoms with Crippen molar-refractivity contribution in [2.75, 3.05) is 32.1 Å². The summed E-state index contributed by atoms with van der Waals surface area (Å²) >= 11 is 0. The van der Waals surface area contributed by atoms with Gasteiger partial charge < -0.3 is 30.0 Å². The first-order valence-electron chi connectivity index (χ1n) is 14.6. The minimum Gasteiger partial charge on any atom is -0.495 e. The number of nitrogens with zero attached hydrogens (tertiary/aromatic N) is 3. The second kappa shape index (κ2) is 12.5. The normalized spacial score (nSPS) is 15.2. The zero-order valence-electron chi connectivity index (χ0n) is 24.1. The number of benzene rings is 2. The van der Waals surface area contributed by atoms with Gasteiger partial charge in [-0.2, -0.15) is 9.97 Å². The number of aromatic amines is 1. The number of anilines is 2. The quantitative estimate of drug-likeness (QED) is 0.173. The third kappa shape index (κ3) is 6.17. The average Bonchev–Trinajstić information content (AvgIpc) is 3.65. The maximum Gasteiger partial charge on any atom is 0.251 e. The maximum atomic E-state index is 13.1. The van der Waals surface area contributed by atoms with E-state index < -0.39 is 0 Å². The van der Waals surface area contributed by atoms with Crippen LogP contribution in [0.2, 0.25) is 0 Å². The molecule has 1 fully saturated rings. The van der Waals surface area contributed by atoms with Crippen molar-refractivity contribution in [3.05, 3.63) is 65.4 Å². The molecule has 3 heterocycles. The van der Waals surface area contributed by atoms with Gasteiger partial charge in [-0.3, -0.25) is 9.59 Å². The Hall–Kier alpha value is -4.88. The van der Waals surface area contributed by atoms with Crippen LogP contribution in [0, 0.1) is 12.3 Å². The lowest BCUT2D eigenvalue weighted by molar-refractivity contribution is 0.0909. The minimum atomic E-state index is -0.139. The number of methoxy groups -OCH3 is 1. The Balaban J connectivity index is 1.16. The van der Waals surface area contributed by atoms with Crippen LogP contribution in [-0.4, -0.2) is 64.3 Å². The maximum absolute atomic E-state index is 13.1. The molecule has 1 saturated heterocycles. The van der Waals surface area contributed by atoms with Gasteiger partial charge in [-0.25, -0.2) is 0 Å². The lowest BCUT2D eigenvalue weighted by Crippen LogP contribution is -2.44. The molecule has 2 aromatic heterocycles. The molecule has 1 amide bonds. The van der Waals surface area contributed by atoms with E-state index in [1.165, 1.54) is 0 Å². The zero-order chi connectivity index (χ0) is 29.8. The van der Waals surface area contributed by atoms with Crippen LogP contribution in [0.4, 0.5) is 11.6 Å². The fourth-order valence-electron chi connectivity index (χ4n) is 5.74. The molecule has 220 valence electrons. The monoisotopic (exact) mass is 578 g/mol. The number of hydrogen-bond donors (Lipinski definition) is 3. The van der Waals surface area contributed by atoms with E-state index in [0.717, 1.165) is 50.9 Å². The average molecular weight is 579 g/mol. The Morgan fingerprint density at radius 2 is 2.00 bits per heavy atom. The van der Waals surface area contributed by atoms with Gasteiger partial charge in [-0.05, 0) is 68.1 Å². The molecular formula is C33H34N6O4. The van der Waals surface area contributed by atoms with Crippen LogP contribution >= 0.6 is 0 Å². The number of carbonyl (C=O) groups is 2. The number of unbranched alkanes of at least 4 members (excludes halogenated alkanes) is 1. The number of amides is 1. The van der Waals surface area contributed by atoms with Crippen LogP contribution in [0.3, 0.4) is 0 Å². The first kappa shape index (κ1) is 28.2. The van der Waals surface area contributed by atoms with Crippen LogP contribution in [-0.2, 0) is 6.42 Å². The van der Waals surface area contributed by atoms with Crippen LogP contribution in [0.5, 0.6) is 17.4 Å². The predicted molar refractivity (Wildman–Crippen MR) is 164 cm³/mol. The molecule has 2 aliphatic rings. The van der Waals surface area contributed by atoms with Crippen LogP contribution in [0.1, 0.15) is 58.4 Å². The zero-order valence-corrected chi connectivity index (χ0v) is 24.1. The second-order valence-electron chi connectivity index (χ2n) is 10.8. The number of ether oxygens (including phenoxy) is 2. The van der Waals surface area contributed by atoms with Crippen molar-refractivity contribution in [1.82, 2.24) is 25.2 Å². The highest BCUT2D eigenvalue weighted by molar-refractivity contribution is 6.03. The van der Waals surface area contributed by atoms with Gasteiger partial charge in [0.25, 0.3) is 5.91 Å². The van der Waals surface area contributed by atoms with Crippen molar-refractivity contribution in [1.29, 1.82) is 0 Å². The first-order chi connectivity index (χ1) is 21.0. The number of likely N-dealkylation sites (tertiary alicyclic amines) is 1. The molecule has 0 atom stereocenters. The molecule has 3 N–H and O–H groups in total. The minimum absolute atomic E-state index is 0.0683. The van der Waals surface area contributed by atoms with Gasteiger partial charge in [0.05, 0.1) is 23.7 Å². The molecular weight excluding hydrogens is 544 g/mol. The predicted octanol–water partition coefficient (Wildman–Crippen LogP) is 5.24. The van der Waals surface area contributed by atoms with E-state index in [-0.39, 0.29) is 23.7 Å². The Labute approximate surface area is 250 Å². The van der Waals surface area contributed by atoms with Gasteiger partial charge in [-0.1, -0.05) is 12.1 Å². The number of aromatic nitrogens is 3. The van der Waals surface area contributed by atoms with Crippen LogP contribution < -0.4 is 20.1 Å². The lowest BCUT2D eigenvalue weighted by atomic mass is 10.0. The largest absolute Gasteiger partial charge is 0.495 e. The number of fused-ring (bicyclic) bond motifs is 2. The number of H-pyrrole nitrogens is 1. The highest BCUT2D eigenvalue weighted by atomic mass is 16.5. The van der Waals surface area contributed by atoms with E-state index in [1.807, 2.05) is 18.2 Å². The van der Waals surface area contributed by atoms with Crippen molar-refractivity contribution >= 4 is 34.4 Å². The van der Waals surface area contributed by atoms with Crippen molar-refractivity contribution in [2.45, 2.75) is 44.6 Å². The Morgan fingerprint density at radius 1 is 1.14 bits per heavy atom. The van der Waals surface area contributed by atoms with E-state index in [0.29, 0.717) is 58.1 Å². The number of piperidine rings is 1. The molecule has 10 nitrogen and oxygen atoms in total. The second-order valence-corrected chi connectivity index (χ2v) is 10.8. The topological polar surface area (TPSA) is 121 Å². The van der Waals surface area contributed by atoms with Gasteiger partial charge in [0.15, 0.2) is 5.78 Å². The molecule has 0 saturated carbocycles. The van der Waals surface area contributed by atoms with E-state index in [1.54, 1.807) is 37.6 Å². The summed E-state index contributed by atoms with van der Waals surface area (Å²) in [6.07, 6.45) is 11.9. The van der Waals surface area contributed by atoms with Gasteiger partial charge in [-0.15, -0.1) is 12.3 Å². The Bertz CT molecular complexity index is 1700. The molecule has 0 spiro atoms. The fourth-order valence-corrected chi connectivity index (χ4v) is 5.74. The molecule has 10 heteroatoms. The summed E-state index contributed by atoms with van der Waals surface area (Å²) in [5, 5.41) is 7.06. The summed E-state index contributed by atoms with van der Waals surface area (Å²) < 4.78 is 11.8. The third-order valence-electron chi connectivity index (χ3n) is 8.03. The Kier molecular flexibility index (Phi) is 8.24. The first-order valence-corrected chi connectivity index (χ1v) is 14.6. The molecule has 0 bridgehead atoms. The molecule has 43 heavy (non-hydrogen) atoms.